The average molecular weight is 239 g/mol. The summed E-state index contributed by atoms with van der Waals surface area (Å²) < 4.78 is 0. The molecule has 0 bridgehead atoms. The minimum absolute atomic E-state index is 0.483. The predicted molar refractivity (Wildman–Crippen MR) is 66.8 cm³/mol. The molecule has 4 nitrogen and oxygen atoms in total. The molecule has 1 unspecified atom stereocenters. The lowest BCUT2D eigenvalue weighted by atomic mass is 10.1. The summed E-state index contributed by atoms with van der Waals surface area (Å²) in [5.41, 5.74) is -0.833. The highest BCUT2D eigenvalue weighted by Gasteiger charge is 2.25. The van der Waals surface area contributed by atoms with Gasteiger partial charge in [0.2, 0.25) is 0 Å². The highest BCUT2D eigenvalue weighted by atomic mass is 32.1. The van der Waals surface area contributed by atoms with Gasteiger partial charge in [-0.15, -0.1) is 11.3 Å². The van der Waals surface area contributed by atoms with Crippen molar-refractivity contribution in [2.45, 2.75) is 12.5 Å². The summed E-state index contributed by atoms with van der Waals surface area (Å²) in [4.78, 5) is 7.36. The summed E-state index contributed by atoms with van der Waals surface area (Å²) in [6.45, 7) is 4.08. The van der Waals surface area contributed by atoms with Crippen LogP contribution in [0, 0.1) is 0 Å². The number of nitrogens with one attached hydrogen (secondary N) is 1. The lowest BCUT2D eigenvalue weighted by Crippen LogP contribution is -2.43. The summed E-state index contributed by atoms with van der Waals surface area (Å²) in [5.74, 6) is 0.872. The summed E-state index contributed by atoms with van der Waals surface area (Å²) in [6.07, 6.45) is 0. The van der Waals surface area contributed by atoms with Crippen molar-refractivity contribution < 1.29 is 5.11 Å². The van der Waals surface area contributed by atoms with Gasteiger partial charge in [-0.2, -0.15) is 0 Å². The Morgan fingerprint density at radius 2 is 2.50 bits per heavy atom. The van der Waals surface area contributed by atoms with E-state index in [1.165, 1.54) is 0 Å². The molecule has 1 aliphatic heterocycles. The molecule has 0 aromatic carbocycles. The lowest BCUT2D eigenvalue weighted by molar-refractivity contribution is 0.0651. The molecule has 1 atom stereocenters. The van der Waals surface area contributed by atoms with Gasteiger partial charge in [0, 0.05) is 18.5 Å². The van der Waals surface area contributed by atoms with Crippen LogP contribution in [0.25, 0.3) is 0 Å². The van der Waals surface area contributed by atoms with Gasteiger partial charge >= 0.3 is 0 Å². The SMILES string of the molecule is CN1CCN=C1NCC(C)(O)c1cccs1. The van der Waals surface area contributed by atoms with Gasteiger partial charge in [-0.05, 0) is 18.4 Å². The topological polar surface area (TPSA) is 47.9 Å². The molecule has 0 amide bonds. The van der Waals surface area contributed by atoms with Crippen molar-refractivity contribution in [3.63, 3.8) is 0 Å². The number of rotatable bonds is 3. The molecule has 0 aliphatic carbocycles. The van der Waals surface area contributed by atoms with Crippen LogP contribution < -0.4 is 5.32 Å². The molecule has 0 saturated carbocycles. The van der Waals surface area contributed by atoms with Gasteiger partial charge in [0.05, 0.1) is 13.1 Å². The van der Waals surface area contributed by atoms with Crippen LogP contribution in [-0.4, -0.2) is 42.6 Å². The van der Waals surface area contributed by atoms with E-state index < -0.39 is 5.60 Å². The summed E-state index contributed by atoms with van der Waals surface area (Å²) >= 11 is 1.57. The van der Waals surface area contributed by atoms with Crippen LogP contribution in [0.2, 0.25) is 0 Å². The molecule has 1 aromatic heterocycles. The maximum absolute atomic E-state index is 10.3. The minimum atomic E-state index is -0.833. The Balaban J connectivity index is 1.95. The number of hydrogen-bond donors (Lipinski definition) is 2. The fourth-order valence-corrected chi connectivity index (χ4v) is 2.43. The van der Waals surface area contributed by atoms with Crippen molar-refractivity contribution in [1.82, 2.24) is 10.2 Å². The molecule has 16 heavy (non-hydrogen) atoms. The highest BCUT2D eigenvalue weighted by Crippen LogP contribution is 2.24. The monoisotopic (exact) mass is 239 g/mol. The third kappa shape index (κ3) is 2.36. The van der Waals surface area contributed by atoms with Crippen molar-refractivity contribution in [2.75, 3.05) is 26.7 Å². The zero-order valence-corrected chi connectivity index (χ0v) is 10.4. The fraction of sp³-hybridized carbons (Fsp3) is 0.545. The Labute approximate surface area is 99.6 Å². The third-order valence-electron chi connectivity index (χ3n) is 2.70. The second kappa shape index (κ2) is 4.43. The van der Waals surface area contributed by atoms with Gasteiger partial charge in [-0.1, -0.05) is 6.07 Å². The third-order valence-corrected chi connectivity index (χ3v) is 3.82. The van der Waals surface area contributed by atoms with Crippen LogP contribution >= 0.6 is 11.3 Å². The first-order chi connectivity index (χ1) is 7.59. The molecule has 2 rings (SSSR count). The van der Waals surface area contributed by atoms with Crippen LogP contribution in [0.15, 0.2) is 22.5 Å². The van der Waals surface area contributed by atoms with E-state index in [0.717, 1.165) is 23.9 Å². The van der Waals surface area contributed by atoms with Gasteiger partial charge < -0.3 is 15.3 Å². The van der Waals surface area contributed by atoms with E-state index in [0.29, 0.717) is 6.54 Å². The predicted octanol–water partition coefficient (Wildman–Crippen LogP) is 0.847. The largest absolute Gasteiger partial charge is 0.383 e. The number of nitrogens with zero attached hydrogens (tertiary/aromatic N) is 2. The van der Waals surface area contributed by atoms with Crippen molar-refractivity contribution in [3.05, 3.63) is 22.4 Å². The van der Waals surface area contributed by atoms with Crippen molar-refractivity contribution in [2.24, 2.45) is 4.99 Å². The van der Waals surface area contributed by atoms with E-state index in [9.17, 15) is 5.11 Å². The van der Waals surface area contributed by atoms with Gasteiger partial charge in [-0.3, -0.25) is 4.99 Å². The molecule has 0 radical (unpaired) electrons. The Hall–Kier alpha value is -1.07. The molecule has 0 fully saturated rings. The van der Waals surface area contributed by atoms with Crippen LogP contribution in [-0.2, 0) is 5.60 Å². The number of likely N-dealkylation sites (N-methyl/N-ethyl adjacent to an activating group) is 1. The van der Waals surface area contributed by atoms with E-state index in [-0.39, 0.29) is 0 Å². The quantitative estimate of drug-likeness (QED) is 0.822. The highest BCUT2D eigenvalue weighted by molar-refractivity contribution is 7.10. The second-order valence-electron chi connectivity index (χ2n) is 4.23. The summed E-state index contributed by atoms with van der Waals surface area (Å²) in [5, 5.41) is 15.5. The molecule has 2 heterocycles. The fourth-order valence-electron chi connectivity index (χ4n) is 1.65. The Morgan fingerprint density at radius 3 is 3.06 bits per heavy atom. The smallest absolute Gasteiger partial charge is 0.193 e. The number of aliphatic hydroxyl groups is 1. The number of thiophene rings is 1. The normalized spacial score (nSPS) is 19.4. The van der Waals surface area contributed by atoms with Crippen LogP contribution in [0.3, 0.4) is 0 Å². The van der Waals surface area contributed by atoms with Crippen molar-refractivity contribution >= 4 is 17.3 Å². The molecule has 0 spiro atoms. The molecule has 5 heteroatoms. The van der Waals surface area contributed by atoms with Crippen LogP contribution in [0.4, 0.5) is 0 Å². The van der Waals surface area contributed by atoms with E-state index in [1.54, 1.807) is 11.3 Å². The maximum atomic E-state index is 10.3. The zero-order valence-electron chi connectivity index (χ0n) is 9.60. The number of aliphatic imine (C=N–C) groups is 1. The van der Waals surface area contributed by atoms with Gasteiger partial charge in [-0.25, -0.2) is 0 Å². The maximum Gasteiger partial charge on any atom is 0.193 e. The first-order valence-electron chi connectivity index (χ1n) is 5.35. The minimum Gasteiger partial charge on any atom is -0.383 e. The second-order valence-corrected chi connectivity index (χ2v) is 5.18. The summed E-state index contributed by atoms with van der Waals surface area (Å²) in [7, 11) is 2.00. The van der Waals surface area contributed by atoms with Gasteiger partial charge in [0.25, 0.3) is 0 Å². The number of hydrogen-bond acceptors (Lipinski definition) is 5. The molecule has 0 saturated heterocycles. The van der Waals surface area contributed by atoms with E-state index in [2.05, 4.69) is 15.2 Å². The molecule has 88 valence electrons. The van der Waals surface area contributed by atoms with E-state index >= 15 is 0 Å². The summed E-state index contributed by atoms with van der Waals surface area (Å²) in [6, 6.07) is 3.90. The van der Waals surface area contributed by atoms with E-state index in [1.807, 2.05) is 31.5 Å². The average Bonchev–Trinajstić information content (AvgIpc) is 2.85. The molecule has 2 N–H and O–H groups in total. The van der Waals surface area contributed by atoms with Crippen LogP contribution in [0.1, 0.15) is 11.8 Å². The van der Waals surface area contributed by atoms with Crippen molar-refractivity contribution in [3.8, 4) is 0 Å². The molecule has 1 aliphatic rings. The zero-order chi connectivity index (χ0) is 11.6. The van der Waals surface area contributed by atoms with Gasteiger partial charge in [0.1, 0.15) is 5.60 Å². The lowest BCUT2D eigenvalue weighted by Gasteiger charge is -2.24. The standard InChI is InChI=1S/C11H17N3OS/c1-11(15,9-4-3-7-16-9)8-13-10-12-5-6-14(10)2/h3-4,7,15H,5-6,8H2,1-2H3,(H,12,13). The number of guanidine groups is 1. The molecular weight excluding hydrogens is 222 g/mol. The first kappa shape index (κ1) is 11.4. The van der Waals surface area contributed by atoms with Gasteiger partial charge in [0.15, 0.2) is 5.96 Å². The Kier molecular flexibility index (Phi) is 3.16. The van der Waals surface area contributed by atoms with Crippen molar-refractivity contribution in [1.29, 1.82) is 0 Å². The van der Waals surface area contributed by atoms with E-state index in [4.69, 9.17) is 0 Å². The molecule has 1 aromatic rings. The Bertz CT molecular complexity index is 373. The first-order valence-corrected chi connectivity index (χ1v) is 6.23. The molecular formula is C11H17N3OS. The van der Waals surface area contributed by atoms with Crippen LogP contribution in [0.5, 0.6) is 0 Å². The Morgan fingerprint density at radius 1 is 1.69 bits per heavy atom.